The van der Waals surface area contributed by atoms with Gasteiger partial charge in [-0.15, -0.1) is 11.3 Å². The molecule has 30 heavy (non-hydrogen) atoms. The molecule has 0 radical (unpaired) electrons. The van der Waals surface area contributed by atoms with E-state index in [0.29, 0.717) is 24.5 Å². The molecule has 0 aliphatic carbocycles. The fourth-order valence-electron chi connectivity index (χ4n) is 2.88. The summed E-state index contributed by atoms with van der Waals surface area (Å²) in [5, 5.41) is 8.94. The number of nitrogens with one attached hydrogen (secondary N) is 2. The molecule has 0 spiro atoms. The van der Waals surface area contributed by atoms with Gasteiger partial charge in [0.2, 0.25) is 0 Å². The molecule has 2 N–H and O–H groups in total. The van der Waals surface area contributed by atoms with Gasteiger partial charge in [0, 0.05) is 55.4 Å². The number of carbonyl (C=O) groups excluding carboxylic acids is 1. The summed E-state index contributed by atoms with van der Waals surface area (Å²) < 4.78 is 0. The molecular weight excluding hydrogens is 396 g/mol. The van der Waals surface area contributed by atoms with Gasteiger partial charge >= 0.3 is 0 Å². The molecule has 0 aliphatic rings. The van der Waals surface area contributed by atoms with Crippen LogP contribution in [0.4, 0.5) is 5.82 Å². The number of rotatable bonds is 8. The summed E-state index contributed by atoms with van der Waals surface area (Å²) in [5.74, 6) is 0.333. The third-order valence-electron chi connectivity index (χ3n) is 4.37. The van der Waals surface area contributed by atoms with Crippen molar-refractivity contribution in [1.29, 1.82) is 0 Å². The first-order valence-electron chi connectivity index (χ1n) is 9.51. The molecule has 4 heterocycles. The first-order valence-corrected chi connectivity index (χ1v) is 10.4. The molecule has 0 aliphatic heterocycles. The van der Waals surface area contributed by atoms with Gasteiger partial charge in [-0.1, -0.05) is 12.1 Å². The van der Waals surface area contributed by atoms with Crippen molar-refractivity contribution in [2.75, 3.05) is 11.9 Å². The molecule has 0 atom stereocenters. The monoisotopic (exact) mass is 416 g/mol. The van der Waals surface area contributed by atoms with Crippen molar-refractivity contribution in [3.63, 3.8) is 0 Å². The Morgan fingerprint density at radius 3 is 2.73 bits per heavy atom. The molecule has 4 aromatic rings. The van der Waals surface area contributed by atoms with Gasteiger partial charge in [-0.3, -0.25) is 14.8 Å². The third-order valence-corrected chi connectivity index (χ3v) is 5.16. The van der Waals surface area contributed by atoms with Crippen molar-refractivity contribution in [3.8, 4) is 10.7 Å². The number of thiazole rings is 1. The first kappa shape index (κ1) is 19.7. The number of nitrogens with zero attached hydrogens (tertiary/aromatic N) is 4. The largest absolute Gasteiger partial charge is 0.369 e. The summed E-state index contributed by atoms with van der Waals surface area (Å²) >= 11 is 1.51. The predicted molar refractivity (Wildman–Crippen MR) is 117 cm³/mol. The van der Waals surface area contributed by atoms with Crippen molar-refractivity contribution in [2.45, 2.75) is 13.0 Å². The molecule has 0 unspecified atom stereocenters. The molecule has 0 saturated carbocycles. The van der Waals surface area contributed by atoms with Gasteiger partial charge in [-0.25, -0.2) is 9.97 Å². The SMILES string of the molecule is O=C(NCc1cccnc1)c1ccc(-c2nccs2)nc1NCCc1ccccn1. The minimum Gasteiger partial charge on any atom is -0.369 e. The van der Waals surface area contributed by atoms with Gasteiger partial charge in [-0.2, -0.15) is 0 Å². The zero-order chi connectivity index (χ0) is 20.6. The molecule has 0 fully saturated rings. The van der Waals surface area contributed by atoms with Crippen LogP contribution >= 0.6 is 11.3 Å². The molecule has 0 bridgehead atoms. The van der Waals surface area contributed by atoms with E-state index in [9.17, 15) is 4.79 Å². The van der Waals surface area contributed by atoms with Gasteiger partial charge in [0.05, 0.1) is 5.56 Å². The normalized spacial score (nSPS) is 10.5. The van der Waals surface area contributed by atoms with Crippen LogP contribution in [0.15, 0.2) is 72.6 Å². The van der Waals surface area contributed by atoms with Crippen LogP contribution in [0.2, 0.25) is 0 Å². The van der Waals surface area contributed by atoms with E-state index in [2.05, 4.69) is 30.6 Å². The number of hydrogen-bond donors (Lipinski definition) is 2. The fourth-order valence-corrected chi connectivity index (χ4v) is 3.49. The molecule has 4 aromatic heterocycles. The van der Waals surface area contributed by atoms with E-state index < -0.39 is 0 Å². The minimum absolute atomic E-state index is 0.197. The van der Waals surface area contributed by atoms with Gasteiger partial charge < -0.3 is 10.6 Å². The van der Waals surface area contributed by atoms with Crippen LogP contribution in [0.1, 0.15) is 21.6 Å². The topological polar surface area (TPSA) is 92.7 Å². The third kappa shape index (κ3) is 5.03. The lowest BCUT2D eigenvalue weighted by atomic mass is 10.2. The van der Waals surface area contributed by atoms with Crippen LogP contribution in [-0.2, 0) is 13.0 Å². The fraction of sp³-hybridized carbons (Fsp3) is 0.136. The molecule has 4 rings (SSSR count). The molecule has 1 amide bonds. The Balaban J connectivity index is 1.51. The molecule has 150 valence electrons. The second-order valence-corrected chi connectivity index (χ2v) is 7.37. The van der Waals surface area contributed by atoms with Crippen LogP contribution in [-0.4, -0.2) is 32.4 Å². The number of hydrogen-bond acceptors (Lipinski definition) is 7. The summed E-state index contributed by atoms with van der Waals surface area (Å²) in [7, 11) is 0. The van der Waals surface area contributed by atoms with Gasteiger partial charge in [-0.05, 0) is 35.9 Å². The lowest BCUT2D eigenvalue weighted by molar-refractivity contribution is 0.0951. The van der Waals surface area contributed by atoms with Crippen molar-refractivity contribution in [3.05, 3.63) is 89.5 Å². The summed E-state index contributed by atoms with van der Waals surface area (Å²) in [6, 6.07) is 13.2. The lowest BCUT2D eigenvalue weighted by Gasteiger charge is -2.13. The average Bonchev–Trinajstić information content (AvgIpc) is 3.34. The Hall–Kier alpha value is -3.65. The second kappa shape index (κ2) is 9.71. The van der Waals surface area contributed by atoms with E-state index >= 15 is 0 Å². The van der Waals surface area contributed by atoms with E-state index in [0.717, 1.165) is 28.4 Å². The van der Waals surface area contributed by atoms with Crippen LogP contribution in [0.5, 0.6) is 0 Å². The van der Waals surface area contributed by atoms with E-state index in [1.807, 2.05) is 41.8 Å². The van der Waals surface area contributed by atoms with Crippen LogP contribution in [0.3, 0.4) is 0 Å². The summed E-state index contributed by atoms with van der Waals surface area (Å²) in [6.45, 7) is 1.00. The highest BCUT2D eigenvalue weighted by atomic mass is 32.1. The Morgan fingerprint density at radius 1 is 1.00 bits per heavy atom. The zero-order valence-electron chi connectivity index (χ0n) is 16.2. The predicted octanol–water partition coefficient (Wildman–Crippen LogP) is 3.58. The van der Waals surface area contributed by atoms with Crippen molar-refractivity contribution < 1.29 is 4.79 Å². The maximum atomic E-state index is 12.8. The standard InChI is InChI=1S/C22H20N6OS/c29-21(27-15-16-4-3-9-23-14-16)18-6-7-19(22-26-12-13-30-22)28-20(18)25-11-8-17-5-1-2-10-24-17/h1-7,9-10,12-14H,8,11,15H2,(H,25,28)(H,27,29). The van der Waals surface area contributed by atoms with Crippen molar-refractivity contribution in [1.82, 2.24) is 25.3 Å². The maximum absolute atomic E-state index is 12.8. The second-order valence-electron chi connectivity index (χ2n) is 6.47. The van der Waals surface area contributed by atoms with Crippen LogP contribution in [0.25, 0.3) is 10.7 Å². The molecule has 8 heteroatoms. The molecule has 0 saturated heterocycles. The Kier molecular flexibility index (Phi) is 6.36. The molecular formula is C22H20N6OS. The average molecular weight is 417 g/mol. The summed E-state index contributed by atoms with van der Waals surface area (Å²) in [5.41, 5.74) is 3.13. The molecule has 0 aromatic carbocycles. The lowest BCUT2D eigenvalue weighted by Crippen LogP contribution is -2.25. The highest BCUT2D eigenvalue weighted by Crippen LogP contribution is 2.23. The van der Waals surface area contributed by atoms with Crippen molar-refractivity contribution >= 4 is 23.1 Å². The van der Waals surface area contributed by atoms with E-state index in [1.165, 1.54) is 11.3 Å². The zero-order valence-corrected chi connectivity index (χ0v) is 17.0. The van der Waals surface area contributed by atoms with Crippen LogP contribution in [0, 0.1) is 0 Å². The Labute approximate surface area is 178 Å². The first-order chi connectivity index (χ1) is 14.8. The number of anilines is 1. The quantitative estimate of drug-likeness (QED) is 0.456. The highest BCUT2D eigenvalue weighted by molar-refractivity contribution is 7.13. The Morgan fingerprint density at radius 2 is 1.97 bits per heavy atom. The Bertz CT molecular complexity index is 1090. The number of amides is 1. The number of pyridine rings is 3. The smallest absolute Gasteiger partial charge is 0.255 e. The minimum atomic E-state index is -0.197. The van der Waals surface area contributed by atoms with Gasteiger partial charge in [0.1, 0.15) is 16.5 Å². The summed E-state index contributed by atoms with van der Waals surface area (Å²) in [4.78, 5) is 30.2. The summed E-state index contributed by atoms with van der Waals surface area (Å²) in [6.07, 6.45) is 7.67. The maximum Gasteiger partial charge on any atom is 0.255 e. The van der Waals surface area contributed by atoms with E-state index in [1.54, 1.807) is 30.9 Å². The highest BCUT2D eigenvalue weighted by Gasteiger charge is 2.15. The van der Waals surface area contributed by atoms with E-state index in [4.69, 9.17) is 0 Å². The van der Waals surface area contributed by atoms with Crippen LogP contribution < -0.4 is 10.6 Å². The van der Waals surface area contributed by atoms with Crippen molar-refractivity contribution in [2.24, 2.45) is 0 Å². The number of aromatic nitrogens is 4. The van der Waals surface area contributed by atoms with Gasteiger partial charge in [0.25, 0.3) is 5.91 Å². The molecule has 7 nitrogen and oxygen atoms in total. The van der Waals surface area contributed by atoms with Gasteiger partial charge in [0.15, 0.2) is 0 Å². The number of carbonyl (C=O) groups is 1. The van der Waals surface area contributed by atoms with E-state index in [-0.39, 0.29) is 5.91 Å².